The van der Waals surface area contributed by atoms with Gasteiger partial charge in [0.2, 0.25) is 0 Å². The van der Waals surface area contributed by atoms with E-state index >= 15 is 0 Å². The van der Waals surface area contributed by atoms with Crippen LogP contribution in [-0.4, -0.2) is 47.1 Å². The van der Waals surface area contributed by atoms with Crippen LogP contribution < -0.4 is 5.32 Å². The fraction of sp³-hybridized carbons (Fsp3) is 0.387. The molecule has 0 aliphatic heterocycles. The molecular weight excluding hydrogens is 515 g/mol. The van der Waals surface area contributed by atoms with Crippen LogP contribution >= 0.6 is 0 Å². The SMILES string of the molecule is CN(C)CCCCOCc1nc(Nc2ccc(C(C)(C)C)cc2)c2ccc(-c3ncccc3C(F)(F)F)cc2n1. The van der Waals surface area contributed by atoms with Crippen LogP contribution in [0.1, 0.15) is 50.6 Å². The largest absolute Gasteiger partial charge is 0.418 e. The molecule has 1 N–H and O–H groups in total. The number of pyridine rings is 1. The summed E-state index contributed by atoms with van der Waals surface area (Å²) in [5, 5.41) is 4.06. The molecule has 4 rings (SSSR count). The van der Waals surface area contributed by atoms with E-state index in [2.05, 4.69) is 53.1 Å². The maximum absolute atomic E-state index is 13.7. The Bertz CT molecular complexity index is 1430. The van der Waals surface area contributed by atoms with Crippen molar-refractivity contribution in [1.82, 2.24) is 19.9 Å². The summed E-state index contributed by atoms with van der Waals surface area (Å²) in [7, 11) is 4.07. The molecule has 0 bridgehead atoms. The molecule has 4 aromatic rings. The first kappa shape index (κ1) is 29.4. The van der Waals surface area contributed by atoms with Gasteiger partial charge in [-0.1, -0.05) is 39.0 Å². The number of nitrogens with one attached hydrogen (secondary N) is 1. The fourth-order valence-electron chi connectivity index (χ4n) is 4.33. The first-order valence-electron chi connectivity index (χ1n) is 13.3. The van der Waals surface area contributed by atoms with Crippen LogP contribution in [0, 0.1) is 0 Å². The van der Waals surface area contributed by atoms with E-state index in [1.54, 1.807) is 18.2 Å². The zero-order chi connectivity index (χ0) is 28.9. The Labute approximate surface area is 233 Å². The van der Waals surface area contributed by atoms with Gasteiger partial charge in [-0.25, -0.2) is 9.97 Å². The number of hydrogen-bond acceptors (Lipinski definition) is 6. The molecular formula is C31H36F3N5O. The highest BCUT2D eigenvalue weighted by molar-refractivity contribution is 5.93. The summed E-state index contributed by atoms with van der Waals surface area (Å²) in [6.07, 6.45) is -1.25. The maximum atomic E-state index is 13.7. The smallest absolute Gasteiger partial charge is 0.373 e. The topological polar surface area (TPSA) is 63.2 Å². The Kier molecular flexibility index (Phi) is 9.05. The lowest BCUT2D eigenvalue weighted by Gasteiger charge is -2.19. The molecule has 0 spiro atoms. The number of aromatic nitrogens is 3. The number of benzene rings is 2. The van der Waals surface area contributed by atoms with E-state index in [-0.39, 0.29) is 17.7 Å². The van der Waals surface area contributed by atoms with Crippen molar-refractivity contribution in [3.05, 3.63) is 77.7 Å². The van der Waals surface area contributed by atoms with E-state index in [4.69, 9.17) is 9.72 Å². The van der Waals surface area contributed by atoms with E-state index in [0.29, 0.717) is 34.7 Å². The fourth-order valence-corrected chi connectivity index (χ4v) is 4.33. The molecule has 2 aromatic carbocycles. The number of hydrogen-bond donors (Lipinski definition) is 1. The third-order valence-electron chi connectivity index (χ3n) is 6.52. The van der Waals surface area contributed by atoms with E-state index < -0.39 is 11.7 Å². The molecule has 212 valence electrons. The summed E-state index contributed by atoms with van der Waals surface area (Å²) in [5.74, 6) is 1.01. The first-order chi connectivity index (χ1) is 18.9. The summed E-state index contributed by atoms with van der Waals surface area (Å²) in [5.41, 5.74) is 1.98. The monoisotopic (exact) mass is 551 g/mol. The van der Waals surface area contributed by atoms with Crippen molar-refractivity contribution >= 4 is 22.4 Å². The van der Waals surface area contributed by atoms with Crippen LogP contribution in [0.15, 0.2) is 60.8 Å². The maximum Gasteiger partial charge on any atom is 0.418 e. The van der Waals surface area contributed by atoms with Gasteiger partial charge in [-0.05, 0) is 80.9 Å². The summed E-state index contributed by atoms with van der Waals surface area (Å²) in [6.45, 7) is 8.21. The molecule has 0 unspecified atom stereocenters. The standard InChI is InChI=1S/C31H36F3N5O/c1-30(2,3)22-11-13-23(14-12-22)36-29-24-15-10-21(28-25(31(32,33)34)9-8-16-35-28)19-26(24)37-27(38-29)20-40-18-7-6-17-39(4)5/h8-16,19H,6-7,17-18,20H2,1-5H3,(H,36,37,38). The molecule has 2 aromatic heterocycles. The second-order valence-corrected chi connectivity index (χ2v) is 11.1. The Morgan fingerprint density at radius 2 is 1.68 bits per heavy atom. The molecule has 0 amide bonds. The van der Waals surface area contributed by atoms with Gasteiger partial charge >= 0.3 is 6.18 Å². The Balaban J connectivity index is 1.68. The number of anilines is 2. The molecule has 0 atom stereocenters. The molecule has 6 nitrogen and oxygen atoms in total. The van der Waals surface area contributed by atoms with Gasteiger partial charge in [0.15, 0.2) is 5.82 Å². The minimum atomic E-state index is -4.53. The van der Waals surface area contributed by atoms with Gasteiger partial charge in [0.05, 0.1) is 16.8 Å². The van der Waals surface area contributed by atoms with Crippen molar-refractivity contribution < 1.29 is 17.9 Å². The van der Waals surface area contributed by atoms with E-state index in [1.807, 2.05) is 26.2 Å². The van der Waals surface area contributed by atoms with Crippen LogP contribution in [-0.2, 0) is 22.9 Å². The highest BCUT2D eigenvalue weighted by Crippen LogP contribution is 2.37. The van der Waals surface area contributed by atoms with Crippen molar-refractivity contribution in [3.8, 4) is 11.3 Å². The van der Waals surface area contributed by atoms with Crippen molar-refractivity contribution in [2.45, 2.75) is 51.8 Å². The molecule has 40 heavy (non-hydrogen) atoms. The van der Waals surface area contributed by atoms with Crippen LogP contribution in [0.2, 0.25) is 0 Å². The van der Waals surface area contributed by atoms with Crippen LogP contribution in [0.25, 0.3) is 22.2 Å². The number of rotatable bonds is 10. The highest BCUT2D eigenvalue weighted by atomic mass is 19.4. The van der Waals surface area contributed by atoms with Crippen LogP contribution in [0.4, 0.5) is 24.7 Å². The van der Waals surface area contributed by atoms with E-state index in [0.717, 1.165) is 31.1 Å². The molecule has 2 heterocycles. The normalized spacial score (nSPS) is 12.3. The Morgan fingerprint density at radius 1 is 0.925 bits per heavy atom. The van der Waals surface area contributed by atoms with Crippen molar-refractivity contribution in [2.24, 2.45) is 0 Å². The number of alkyl halides is 3. The molecule has 0 radical (unpaired) electrons. The third-order valence-corrected chi connectivity index (χ3v) is 6.52. The third kappa shape index (κ3) is 7.55. The quantitative estimate of drug-likeness (QED) is 0.205. The van der Waals surface area contributed by atoms with Gasteiger partial charge in [0.25, 0.3) is 0 Å². The zero-order valence-corrected chi connectivity index (χ0v) is 23.6. The van der Waals surface area contributed by atoms with E-state index in [1.165, 1.54) is 17.8 Å². The average molecular weight is 552 g/mol. The lowest BCUT2D eigenvalue weighted by Crippen LogP contribution is -2.13. The van der Waals surface area contributed by atoms with E-state index in [9.17, 15) is 13.2 Å². The second kappa shape index (κ2) is 12.3. The van der Waals surface area contributed by atoms with Gasteiger partial charge in [0.1, 0.15) is 12.4 Å². The first-order valence-corrected chi connectivity index (χ1v) is 13.3. The summed E-state index contributed by atoms with van der Waals surface area (Å²) >= 11 is 0. The van der Waals surface area contributed by atoms with Crippen molar-refractivity contribution in [3.63, 3.8) is 0 Å². The van der Waals surface area contributed by atoms with Gasteiger partial charge in [-0.3, -0.25) is 4.98 Å². The van der Waals surface area contributed by atoms with Gasteiger partial charge in [0, 0.05) is 29.4 Å². The molecule has 0 aliphatic rings. The molecule has 9 heteroatoms. The molecule has 0 aliphatic carbocycles. The summed E-state index contributed by atoms with van der Waals surface area (Å²) in [4.78, 5) is 15.5. The zero-order valence-electron chi connectivity index (χ0n) is 23.6. The predicted molar refractivity (Wildman–Crippen MR) is 154 cm³/mol. The second-order valence-electron chi connectivity index (χ2n) is 11.1. The molecule has 0 fully saturated rings. The minimum absolute atomic E-state index is 0.0222. The molecule has 0 saturated carbocycles. The number of fused-ring (bicyclic) bond motifs is 1. The van der Waals surface area contributed by atoms with Crippen LogP contribution in [0.3, 0.4) is 0 Å². The summed E-state index contributed by atoms with van der Waals surface area (Å²) in [6, 6.07) is 15.4. The lowest BCUT2D eigenvalue weighted by molar-refractivity contribution is -0.137. The number of unbranched alkanes of at least 4 members (excludes halogenated alkanes) is 1. The highest BCUT2D eigenvalue weighted by Gasteiger charge is 2.34. The Morgan fingerprint density at radius 3 is 2.35 bits per heavy atom. The minimum Gasteiger partial charge on any atom is -0.373 e. The molecule has 0 saturated heterocycles. The van der Waals surface area contributed by atoms with Gasteiger partial charge in [-0.2, -0.15) is 13.2 Å². The van der Waals surface area contributed by atoms with Crippen LogP contribution in [0.5, 0.6) is 0 Å². The van der Waals surface area contributed by atoms with Crippen molar-refractivity contribution in [1.29, 1.82) is 0 Å². The average Bonchev–Trinajstić information content (AvgIpc) is 2.89. The van der Waals surface area contributed by atoms with Gasteiger partial charge in [-0.15, -0.1) is 0 Å². The van der Waals surface area contributed by atoms with Crippen molar-refractivity contribution in [2.75, 3.05) is 32.6 Å². The number of nitrogens with zero attached hydrogens (tertiary/aromatic N) is 4. The predicted octanol–water partition coefficient (Wildman–Crippen LogP) is 7.61. The number of ether oxygens (including phenoxy) is 1. The number of halogens is 3. The Hall–Kier alpha value is -3.56. The lowest BCUT2D eigenvalue weighted by atomic mass is 9.87. The summed E-state index contributed by atoms with van der Waals surface area (Å²) < 4.78 is 46.9. The van der Waals surface area contributed by atoms with Gasteiger partial charge < -0.3 is 15.0 Å².